The fraction of sp³-hybridized carbons (Fsp3) is 0.156. The van der Waals surface area contributed by atoms with Crippen molar-refractivity contribution in [1.82, 2.24) is 69.4 Å². The molecule has 0 aliphatic carbocycles. The van der Waals surface area contributed by atoms with Crippen LogP contribution in [0.25, 0.3) is 50.7 Å². The molecule has 0 spiro atoms. The zero-order chi connectivity index (χ0) is 104. The van der Waals surface area contributed by atoms with Gasteiger partial charge in [0, 0.05) is 202 Å². The van der Waals surface area contributed by atoms with Crippen LogP contribution < -0.4 is 0 Å². The van der Waals surface area contributed by atoms with Crippen LogP contribution in [0.5, 0.6) is 0 Å². The van der Waals surface area contributed by atoms with Crippen LogP contribution in [0.2, 0.25) is 0 Å². The minimum absolute atomic E-state index is 0.00990. The number of benzene rings is 8. The van der Waals surface area contributed by atoms with Crippen molar-refractivity contribution in [3.05, 3.63) is 513 Å². The third-order valence-corrected chi connectivity index (χ3v) is 24.4. The van der Waals surface area contributed by atoms with Gasteiger partial charge < -0.3 is 4.57 Å². The number of carbonyl (C=O) groups excluding carboxylic acids is 8. The van der Waals surface area contributed by atoms with E-state index in [0.717, 1.165) is 158 Å². The van der Waals surface area contributed by atoms with Gasteiger partial charge in [-0.15, -0.1) is 0 Å². The summed E-state index contributed by atoms with van der Waals surface area (Å²) < 4.78 is 42.8. The molecule has 0 unspecified atom stereocenters. The van der Waals surface area contributed by atoms with Crippen molar-refractivity contribution in [2.45, 2.75) is 125 Å². The van der Waals surface area contributed by atoms with Crippen molar-refractivity contribution in [2.24, 2.45) is 0 Å². The summed E-state index contributed by atoms with van der Waals surface area (Å²) in [5.41, 5.74) is 23.7. The third-order valence-electron chi connectivity index (χ3n) is 24.4. The molecule has 0 amide bonds. The van der Waals surface area contributed by atoms with Crippen LogP contribution in [0.15, 0.2) is 368 Å². The van der Waals surface area contributed by atoms with Gasteiger partial charge in [-0.05, 0) is 240 Å². The second-order valence-corrected chi connectivity index (χ2v) is 35.3. The topological polar surface area (TPSA) is 309 Å². The van der Waals surface area contributed by atoms with Gasteiger partial charge in [0.2, 0.25) is 0 Å². The van der Waals surface area contributed by atoms with E-state index >= 15 is 0 Å². The van der Waals surface area contributed by atoms with Crippen LogP contribution in [0.1, 0.15) is 172 Å². The number of pyridine rings is 4. The highest BCUT2D eigenvalue weighted by molar-refractivity contribution is 6.01. The molecule has 0 fully saturated rings. The fourth-order valence-electron chi connectivity index (χ4n) is 16.3. The zero-order valence-corrected chi connectivity index (χ0v) is 82.2. The Morgan fingerprint density at radius 3 is 0.932 bits per heavy atom. The summed E-state index contributed by atoms with van der Waals surface area (Å²) >= 11 is 0. The number of rotatable bonds is 37. The SMILES string of the molecule is C/C=C/C(=O)Cc1ccc(C(=O)Cc2ccc(C)c(Cc3nccc(-c4cccnc4)n3)c2)cc1.C=CC(=O)Cc1ccc(C(=O)Cc2ccc(C)c(Cc3nccc(-c4cccnc4)n3)c2)cc1.C=CC(=O)Cc1ccc(C(=O)Cc2ccc(C)c(Cc3nccc(-c4cccnc4)n3)c2)cc1-n1cnc(C)c1.C=CC(=O)Cc1ccc(C(=O)Cc2ccc(C)c(Cc3nccc(-c4cccnc4)n3)c2)cc1C(F)(F)F. The van der Waals surface area contributed by atoms with Gasteiger partial charge in [0.15, 0.2) is 46.3 Å². The monoisotopic (exact) mass is 1950 g/mol. The van der Waals surface area contributed by atoms with E-state index in [4.69, 9.17) is 15.0 Å². The van der Waals surface area contributed by atoms with Crippen molar-refractivity contribution < 1.29 is 51.5 Å². The normalized spacial score (nSPS) is 10.9. The van der Waals surface area contributed by atoms with Crippen LogP contribution >= 0.6 is 0 Å². The molecule has 0 bridgehead atoms. The standard InChI is InChI=1S/C33H29N5O2.C30H24F3N3O2.C30H27N3O2.C29H25N3O2/c1-4-29(39)16-25-9-10-26(17-31(25)38-20-23(3)36-21-38)32(40)15-24-8-7-22(2)28(14-24)18-33-35-13-11-30(37-33)27-6-5-12-34-19-27;1-3-25(37)15-21-8-9-22(16-26(21)30(31,32)33)28(38)14-20-7-6-19(2)24(13-20)17-29-35-12-10-27(36-29)23-5-4-11-34-18-23;1-3-5-27(34)17-22-9-11-24(12-10-22)29(35)18-23-8-7-21(2)26(16-23)19-30-32-15-13-28(33-30)25-6-4-14-31-20-25;1-3-26(33)16-21-8-10-23(11-9-21)28(34)17-22-7-6-20(2)25(15-22)18-29-31-14-12-27(32-29)24-5-4-13-30-19-24/h4-14,17,19-21H,1,15-16,18H2,2-3H3;3-13,16,18H,1,14-15,17H2,2H3;3-16,20H,17-19H2,1-2H3;3-15,19H,1,16-18H2,2H3/b;;5-3+;. The maximum absolute atomic E-state index is 13.7. The second kappa shape index (κ2) is 50.6. The molecule has 17 rings (SSSR count). The number of ketones is 8. The largest absolute Gasteiger partial charge is 0.416 e. The molecule has 0 radical (unpaired) electrons. The van der Waals surface area contributed by atoms with Gasteiger partial charge in [0.05, 0.1) is 46.0 Å². The highest BCUT2D eigenvalue weighted by Gasteiger charge is 2.35. The van der Waals surface area contributed by atoms with Crippen molar-refractivity contribution in [1.29, 1.82) is 0 Å². The Hall–Kier alpha value is -18.0. The van der Waals surface area contributed by atoms with E-state index in [1.807, 2.05) is 183 Å². The van der Waals surface area contributed by atoms with Crippen molar-refractivity contribution in [3.8, 4) is 50.7 Å². The Balaban J connectivity index is 0.000000155. The predicted molar refractivity (Wildman–Crippen MR) is 562 cm³/mol. The summed E-state index contributed by atoms with van der Waals surface area (Å²) in [6.45, 7) is 22.2. The first-order valence-electron chi connectivity index (χ1n) is 47.6. The smallest absolute Gasteiger partial charge is 0.306 e. The number of nitrogens with zero attached hydrogens (tertiary/aromatic N) is 14. The minimum atomic E-state index is -4.70. The van der Waals surface area contributed by atoms with Gasteiger partial charge in [0.1, 0.15) is 23.3 Å². The number of hydrogen-bond donors (Lipinski definition) is 0. The van der Waals surface area contributed by atoms with E-state index in [-0.39, 0.29) is 65.1 Å². The maximum atomic E-state index is 13.7. The number of hydrogen-bond acceptors (Lipinski definition) is 21. The molecule has 0 saturated heterocycles. The lowest BCUT2D eigenvalue weighted by atomic mass is 9.94. The van der Waals surface area contributed by atoms with E-state index < -0.39 is 29.7 Å². The fourth-order valence-corrected chi connectivity index (χ4v) is 16.3. The molecule has 0 atom stereocenters. The molecule has 0 aliphatic rings. The molecule has 9 aromatic heterocycles. The van der Waals surface area contributed by atoms with Crippen molar-refractivity contribution in [2.75, 3.05) is 0 Å². The summed E-state index contributed by atoms with van der Waals surface area (Å²) in [6.07, 6.45) is 30.0. The van der Waals surface area contributed by atoms with Crippen molar-refractivity contribution in [3.63, 3.8) is 0 Å². The van der Waals surface area contributed by atoms with Gasteiger partial charge in [-0.25, -0.2) is 44.9 Å². The summed E-state index contributed by atoms with van der Waals surface area (Å²) in [7, 11) is 0. The number of carbonyl (C=O) groups is 8. The molecule has 0 N–H and O–H groups in total. The maximum Gasteiger partial charge on any atom is 0.416 e. The van der Waals surface area contributed by atoms with Gasteiger partial charge in [0.25, 0.3) is 0 Å². The second-order valence-electron chi connectivity index (χ2n) is 35.3. The molecule has 0 saturated carbocycles. The highest BCUT2D eigenvalue weighted by Crippen LogP contribution is 2.35. The minimum Gasteiger partial charge on any atom is -0.306 e. The molecule has 25 heteroatoms. The molecule has 8 aromatic carbocycles. The Kier molecular flexibility index (Phi) is 36.1. The number of allylic oxidation sites excluding steroid dienone is 5. The van der Waals surface area contributed by atoms with Crippen molar-refractivity contribution >= 4 is 46.3 Å². The van der Waals surface area contributed by atoms with E-state index in [1.54, 1.807) is 135 Å². The molecule has 17 aromatic rings. The average Bonchev–Trinajstić information content (AvgIpc) is 1.47. The summed E-state index contributed by atoms with van der Waals surface area (Å²) in [4.78, 5) is 157. The van der Waals surface area contributed by atoms with Crippen LogP contribution in [0.4, 0.5) is 13.2 Å². The molecule has 732 valence electrons. The van der Waals surface area contributed by atoms with Gasteiger partial charge in [-0.2, -0.15) is 13.2 Å². The lowest BCUT2D eigenvalue weighted by Crippen LogP contribution is -2.14. The Morgan fingerprint density at radius 2 is 0.619 bits per heavy atom. The molecule has 147 heavy (non-hydrogen) atoms. The lowest BCUT2D eigenvalue weighted by molar-refractivity contribution is -0.138. The Bertz CT molecular complexity index is 7710. The number of aromatic nitrogens is 14. The average molecular weight is 1950 g/mol. The van der Waals surface area contributed by atoms with Crippen LogP contribution in [0, 0.1) is 34.6 Å². The molecule has 9 heterocycles. The third kappa shape index (κ3) is 30.1. The number of Topliss-reactive ketones (excluding diaryl/α,β-unsaturated/α-hetero) is 4. The van der Waals surface area contributed by atoms with Gasteiger partial charge in [-0.1, -0.05) is 171 Å². The highest BCUT2D eigenvalue weighted by atomic mass is 19.4. The van der Waals surface area contributed by atoms with E-state index in [9.17, 15) is 51.5 Å². The van der Waals surface area contributed by atoms with Gasteiger partial charge >= 0.3 is 6.18 Å². The zero-order valence-electron chi connectivity index (χ0n) is 82.2. The predicted octanol–water partition coefficient (Wildman–Crippen LogP) is 22.5. The number of imidazole rings is 1. The number of halogens is 3. The molecular formula is C122H105F3N14O8. The first kappa shape index (κ1) is 105. The molecule has 22 nitrogen and oxygen atoms in total. The van der Waals surface area contributed by atoms with E-state index in [1.165, 1.54) is 24.3 Å². The van der Waals surface area contributed by atoms with Gasteiger partial charge in [-0.3, -0.25) is 58.3 Å². The summed E-state index contributed by atoms with van der Waals surface area (Å²) in [5.74, 6) is 1.75. The van der Waals surface area contributed by atoms with E-state index in [0.29, 0.717) is 85.3 Å². The van der Waals surface area contributed by atoms with Crippen LogP contribution in [-0.4, -0.2) is 116 Å². The lowest BCUT2D eigenvalue weighted by Gasteiger charge is -2.14. The summed E-state index contributed by atoms with van der Waals surface area (Å²) in [6, 6.07) is 69.8. The van der Waals surface area contributed by atoms with Crippen LogP contribution in [0.3, 0.4) is 0 Å². The van der Waals surface area contributed by atoms with Crippen LogP contribution in [-0.2, 0) is 102 Å². The Labute approximate surface area is 850 Å². The Morgan fingerprint density at radius 1 is 0.313 bits per heavy atom. The molecule has 0 aliphatic heterocycles. The van der Waals surface area contributed by atoms with E-state index in [2.05, 4.69) is 109 Å². The first-order chi connectivity index (χ1) is 71.0. The molecular weight excluding hydrogens is 1850 g/mol. The number of alkyl halides is 3. The number of aryl methyl sites for hydroxylation is 5. The summed E-state index contributed by atoms with van der Waals surface area (Å²) in [5, 5.41) is 0. The first-order valence-corrected chi connectivity index (χ1v) is 47.6. The quantitative estimate of drug-likeness (QED) is 0.0258.